The van der Waals surface area contributed by atoms with E-state index in [0.717, 1.165) is 35.4 Å². The van der Waals surface area contributed by atoms with Gasteiger partial charge in [0, 0.05) is 18.1 Å². The lowest BCUT2D eigenvalue weighted by Crippen LogP contribution is -2.49. The number of likely N-dealkylation sites (tertiary alicyclic amines) is 1. The van der Waals surface area contributed by atoms with E-state index in [1.165, 1.54) is 0 Å². The van der Waals surface area contributed by atoms with Gasteiger partial charge in [0.05, 0.1) is 21.8 Å². The number of piperidine rings is 1. The molecule has 0 radical (unpaired) electrons. The van der Waals surface area contributed by atoms with E-state index < -0.39 is 16.6 Å². The van der Waals surface area contributed by atoms with Gasteiger partial charge in [0.1, 0.15) is 5.60 Å². The van der Waals surface area contributed by atoms with Gasteiger partial charge >= 0.3 is 6.09 Å². The van der Waals surface area contributed by atoms with Crippen molar-refractivity contribution in [2.45, 2.75) is 77.2 Å². The number of ether oxygens (including phenoxy) is 1. The summed E-state index contributed by atoms with van der Waals surface area (Å²) in [5.74, 6) is 0. The van der Waals surface area contributed by atoms with E-state index >= 15 is 0 Å². The zero-order valence-electron chi connectivity index (χ0n) is 18.3. The molecule has 1 saturated heterocycles. The van der Waals surface area contributed by atoms with Crippen LogP contribution in [0.3, 0.4) is 0 Å². The van der Waals surface area contributed by atoms with Gasteiger partial charge in [-0.15, -0.1) is 0 Å². The van der Waals surface area contributed by atoms with E-state index in [-0.39, 0.29) is 22.3 Å². The third-order valence-corrected chi connectivity index (χ3v) is 7.72. The molecule has 1 N–H and O–H groups in total. The summed E-state index contributed by atoms with van der Waals surface area (Å²) >= 11 is 6.53. The molecule has 0 aromatic heterocycles. The quantitative estimate of drug-likeness (QED) is 0.703. The second kappa shape index (κ2) is 7.86. The molecular weight excluding hydrogens is 408 g/mol. The summed E-state index contributed by atoms with van der Waals surface area (Å²) in [6.07, 6.45) is 2.21. The Morgan fingerprint density at radius 2 is 1.83 bits per heavy atom. The van der Waals surface area contributed by atoms with Crippen molar-refractivity contribution >= 4 is 28.7 Å². The number of fused-ring (bicyclic) bond motifs is 1. The number of hydrogen-bond donors (Lipinski definition) is 1. The topological polar surface area (TPSA) is 58.6 Å². The Bertz CT molecular complexity index is 805. The Labute approximate surface area is 182 Å². The molecule has 1 amide bonds. The van der Waals surface area contributed by atoms with Gasteiger partial charge in [-0.3, -0.25) is 0 Å². The smallest absolute Gasteiger partial charge is 0.410 e. The predicted molar refractivity (Wildman–Crippen MR) is 118 cm³/mol. The second-order valence-electron chi connectivity index (χ2n) is 10.2. The first-order valence-electron chi connectivity index (χ1n) is 10.3. The van der Waals surface area contributed by atoms with Crippen molar-refractivity contribution in [3.63, 3.8) is 0 Å². The maximum Gasteiger partial charge on any atom is 0.410 e. The minimum Gasteiger partial charge on any atom is -0.444 e. The molecule has 1 aromatic rings. The van der Waals surface area contributed by atoms with Gasteiger partial charge in [0.15, 0.2) is 0 Å². The molecule has 1 fully saturated rings. The molecule has 1 aliphatic heterocycles. The van der Waals surface area contributed by atoms with Crippen molar-refractivity contribution in [3.8, 4) is 0 Å². The van der Waals surface area contributed by atoms with Crippen molar-refractivity contribution in [1.29, 1.82) is 0 Å². The minimum atomic E-state index is -1.20. The highest BCUT2D eigenvalue weighted by atomic mass is 35.5. The molecule has 2 atom stereocenters. The van der Waals surface area contributed by atoms with Gasteiger partial charge in [0.2, 0.25) is 0 Å². The number of carbonyl (C=O) groups is 1. The summed E-state index contributed by atoms with van der Waals surface area (Å²) in [6.45, 7) is 12.8. The zero-order chi connectivity index (χ0) is 21.6. The van der Waals surface area contributed by atoms with Gasteiger partial charge in [0.25, 0.3) is 0 Å². The summed E-state index contributed by atoms with van der Waals surface area (Å²) in [4.78, 5) is 14.3. The van der Waals surface area contributed by atoms with Crippen LogP contribution in [0.2, 0.25) is 5.02 Å². The molecule has 0 unspecified atom stereocenters. The van der Waals surface area contributed by atoms with Crippen LogP contribution in [-0.2, 0) is 22.1 Å². The number of carbonyl (C=O) groups excluding carboxylic acids is 1. The molecule has 3 rings (SSSR count). The fraction of sp³-hybridized carbons (Fsp3) is 0.682. The van der Waals surface area contributed by atoms with E-state index in [1.807, 2.05) is 53.7 Å². The van der Waals surface area contributed by atoms with Gasteiger partial charge < -0.3 is 9.64 Å². The summed E-state index contributed by atoms with van der Waals surface area (Å²) in [5, 5.41) is 0.766. The first-order valence-corrected chi connectivity index (χ1v) is 11.8. The standard InChI is InChI=1S/C22H33ClN2O3S/c1-20(2,3)28-19(26)25-12-10-22(11-13-25)14-16-15(8-7-9-17(16)23)18(22)24-29(27)21(4,5)6/h7-9,18,24H,10-14H2,1-6H3/t18-,29-/m1/s1. The lowest BCUT2D eigenvalue weighted by atomic mass is 9.73. The van der Waals surface area contributed by atoms with Crippen molar-refractivity contribution in [2.75, 3.05) is 13.1 Å². The number of hydrogen-bond acceptors (Lipinski definition) is 3. The van der Waals surface area contributed by atoms with E-state index in [0.29, 0.717) is 13.1 Å². The van der Waals surface area contributed by atoms with Crippen LogP contribution in [-0.4, -0.2) is 38.6 Å². The maximum absolute atomic E-state index is 13.0. The van der Waals surface area contributed by atoms with E-state index in [1.54, 1.807) is 4.90 Å². The molecule has 29 heavy (non-hydrogen) atoms. The van der Waals surface area contributed by atoms with Crippen molar-refractivity contribution in [3.05, 3.63) is 34.3 Å². The van der Waals surface area contributed by atoms with E-state index in [4.69, 9.17) is 16.3 Å². The zero-order valence-corrected chi connectivity index (χ0v) is 19.9. The predicted octanol–water partition coefficient (Wildman–Crippen LogP) is 5.01. The second-order valence-corrected chi connectivity index (χ2v) is 12.7. The van der Waals surface area contributed by atoms with Gasteiger partial charge in [-0.25, -0.2) is 13.7 Å². The molecular formula is C22H33ClN2O3S. The monoisotopic (exact) mass is 440 g/mol. The summed E-state index contributed by atoms with van der Waals surface area (Å²) < 4.78 is 21.6. The van der Waals surface area contributed by atoms with E-state index in [2.05, 4.69) is 10.8 Å². The van der Waals surface area contributed by atoms with Crippen LogP contribution in [0.25, 0.3) is 0 Å². The fourth-order valence-corrected chi connectivity index (χ4v) is 5.41. The van der Waals surface area contributed by atoms with Gasteiger partial charge in [-0.2, -0.15) is 0 Å². The third-order valence-electron chi connectivity index (χ3n) is 5.80. The number of nitrogens with one attached hydrogen (secondary N) is 1. The van der Waals surface area contributed by atoms with Crippen LogP contribution < -0.4 is 4.72 Å². The van der Waals surface area contributed by atoms with Crippen LogP contribution in [0.15, 0.2) is 18.2 Å². The first-order chi connectivity index (χ1) is 13.3. The minimum absolute atomic E-state index is 0.0444. The molecule has 1 spiro atoms. The Hall–Kier alpha value is -1.11. The molecule has 5 nitrogen and oxygen atoms in total. The van der Waals surface area contributed by atoms with Crippen molar-refractivity contribution < 1.29 is 13.7 Å². The first kappa shape index (κ1) is 22.6. The van der Waals surface area contributed by atoms with Crippen LogP contribution in [0.1, 0.15) is 71.6 Å². The van der Waals surface area contributed by atoms with Gasteiger partial charge in [-0.1, -0.05) is 23.7 Å². The van der Waals surface area contributed by atoms with Crippen LogP contribution >= 0.6 is 11.6 Å². The average molecular weight is 441 g/mol. The van der Waals surface area contributed by atoms with Crippen molar-refractivity contribution in [2.24, 2.45) is 5.41 Å². The molecule has 0 saturated carbocycles. The molecule has 1 aliphatic carbocycles. The Kier molecular flexibility index (Phi) is 6.12. The largest absolute Gasteiger partial charge is 0.444 e. The number of amides is 1. The lowest BCUT2D eigenvalue weighted by molar-refractivity contribution is 0.00724. The number of rotatable bonds is 2. The lowest BCUT2D eigenvalue weighted by Gasteiger charge is -2.44. The van der Waals surface area contributed by atoms with Crippen LogP contribution in [0, 0.1) is 5.41 Å². The molecule has 1 heterocycles. The highest BCUT2D eigenvalue weighted by Crippen LogP contribution is 2.53. The number of halogens is 1. The number of benzene rings is 1. The van der Waals surface area contributed by atoms with Gasteiger partial charge in [-0.05, 0) is 83.4 Å². The highest BCUT2D eigenvalue weighted by Gasteiger charge is 2.50. The SMILES string of the molecule is CC(C)(C)OC(=O)N1CCC2(CC1)Cc1c(Cl)cccc1[C@H]2N[S@](=O)C(C)(C)C. The fourth-order valence-electron chi connectivity index (χ4n) is 4.22. The molecule has 2 aliphatic rings. The Morgan fingerprint density at radius 1 is 1.21 bits per heavy atom. The van der Waals surface area contributed by atoms with E-state index in [9.17, 15) is 9.00 Å². The number of nitrogens with zero attached hydrogens (tertiary/aromatic N) is 1. The third kappa shape index (κ3) is 4.80. The summed E-state index contributed by atoms with van der Waals surface area (Å²) in [5.41, 5.74) is 1.67. The Balaban J connectivity index is 1.83. The molecule has 1 aromatic carbocycles. The Morgan fingerprint density at radius 3 is 2.38 bits per heavy atom. The maximum atomic E-state index is 13.0. The highest BCUT2D eigenvalue weighted by molar-refractivity contribution is 7.84. The summed E-state index contributed by atoms with van der Waals surface area (Å²) in [7, 11) is -1.20. The van der Waals surface area contributed by atoms with Crippen molar-refractivity contribution in [1.82, 2.24) is 9.62 Å². The average Bonchev–Trinajstić information content (AvgIpc) is 2.88. The summed E-state index contributed by atoms with van der Waals surface area (Å²) in [6, 6.07) is 5.93. The molecule has 0 bridgehead atoms. The normalized spacial score (nSPS) is 22.4. The van der Waals surface area contributed by atoms with Crippen LogP contribution in [0.5, 0.6) is 0 Å². The molecule has 7 heteroatoms. The molecule has 162 valence electrons. The van der Waals surface area contributed by atoms with Crippen LogP contribution in [0.4, 0.5) is 4.79 Å².